The maximum atomic E-state index is 12.0. The molecule has 0 bridgehead atoms. The maximum Gasteiger partial charge on any atom is 0.488 e. The minimum absolute atomic E-state index is 0.252. The van der Waals surface area contributed by atoms with Gasteiger partial charge in [-0.05, 0) is 29.6 Å². The van der Waals surface area contributed by atoms with Crippen LogP contribution < -0.4 is 21.3 Å². The van der Waals surface area contributed by atoms with Crippen LogP contribution in [-0.2, 0) is 11.2 Å². The average Bonchev–Trinajstić information content (AvgIpc) is 2.60. The van der Waals surface area contributed by atoms with E-state index in [-0.39, 0.29) is 5.91 Å². The number of amides is 1. The lowest BCUT2D eigenvalue weighted by Gasteiger charge is -2.13. The Morgan fingerprint density at radius 1 is 1.12 bits per heavy atom. The first-order valence-corrected chi connectivity index (χ1v) is 7.72. The number of nitrogens with two attached hydrogens (primary N) is 1. The molecule has 0 unspecified atom stereocenters. The molecular weight excluding hydrogens is 307 g/mol. The number of carbonyl (C=O) groups excluding carboxylic acids is 1. The van der Waals surface area contributed by atoms with Crippen molar-refractivity contribution in [2.45, 2.75) is 12.5 Å². The Bertz CT molecular complexity index is 635. The SMILES string of the molecule is N[C@@H](Cc1ccc(B(O)O)cc1)C(=O)NCCOc1ccccc1. The number of hydrogen-bond donors (Lipinski definition) is 4. The van der Waals surface area contributed by atoms with Gasteiger partial charge in [0.15, 0.2) is 0 Å². The van der Waals surface area contributed by atoms with Gasteiger partial charge in [-0.15, -0.1) is 0 Å². The van der Waals surface area contributed by atoms with Crippen LogP contribution >= 0.6 is 0 Å². The van der Waals surface area contributed by atoms with Crippen molar-refractivity contribution < 1.29 is 19.6 Å². The lowest BCUT2D eigenvalue weighted by molar-refractivity contribution is -0.122. The van der Waals surface area contributed by atoms with Crippen LogP contribution in [-0.4, -0.2) is 42.3 Å². The molecule has 2 aromatic carbocycles. The van der Waals surface area contributed by atoms with Gasteiger partial charge in [0.2, 0.25) is 5.91 Å². The standard InChI is InChI=1S/C17H21BN2O4/c19-16(12-13-6-8-14(9-7-13)18(22)23)17(21)20-10-11-24-15-4-2-1-3-5-15/h1-9,16,22-23H,10-12,19H2,(H,20,21)/t16-/m0/s1. The summed E-state index contributed by atoms with van der Waals surface area (Å²) in [6.07, 6.45) is 0.368. The fourth-order valence-corrected chi connectivity index (χ4v) is 2.16. The van der Waals surface area contributed by atoms with Gasteiger partial charge in [-0.2, -0.15) is 0 Å². The lowest BCUT2D eigenvalue weighted by Crippen LogP contribution is -2.43. The van der Waals surface area contributed by atoms with E-state index in [1.54, 1.807) is 24.3 Å². The summed E-state index contributed by atoms with van der Waals surface area (Å²) in [5.74, 6) is 0.500. The minimum atomic E-state index is -1.50. The van der Waals surface area contributed by atoms with E-state index in [0.29, 0.717) is 25.0 Å². The summed E-state index contributed by atoms with van der Waals surface area (Å²) in [4.78, 5) is 12.0. The van der Waals surface area contributed by atoms with Crippen LogP contribution in [0.3, 0.4) is 0 Å². The molecule has 0 fully saturated rings. The monoisotopic (exact) mass is 328 g/mol. The summed E-state index contributed by atoms with van der Waals surface area (Å²) in [6.45, 7) is 0.739. The van der Waals surface area contributed by atoms with Crippen molar-refractivity contribution in [3.8, 4) is 5.75 Å². The van der Waals surface area contributed by atoms with Crippen molar-refractivity contribution in [2.24, 2.45) is 5.73 Å². The van der Waals surface area contributed by atoms with Gasteiger partial charge >= 0.3 is 7.12 Å². The zero-order chi connectivity index (χ0) is 17.4. The molecule has 0 heterocycles. The van der Waals surface area contributed by atoms with Crippen molar-refractivity contribution in [1.82, 2.24) is 5.32 Å². The first-order chi connectivity index (χ1) is 11.6. The van der Waals surface area contributed by atoms with E-state index in [0.717, 1.165) is 11.3 Å². The number of para-hydroxylation sites is 1. The quantitative estimate of drug-likeness (QED) is 0.384. The largest absolute Gasteiger partial charge is 0.492 e. The van der Waals surface area contributed by atoms with E-state index >= 15 is 0 Å². The van der Waals surface area contributed by atoms with Gasteiger partial charge < -0.3 is 25.8 Å². The number of carbonyl (C=O) groups is 1. The van der Waals surface area contributed by atoms with E-state index in [9.17, 15) is 4.79 Å². The third-order valence-electron chi connectivity index (χ3n) is 3.48. The van der Waals surface area contributed by atoms with Gasteiger partial charge in [0.25, 0.3) is 0 Å². The smallest absolute Gasteiger partial charge is 0.488 e. The number of hydrogen-bond acceptors (Lipinski definition) is 5. The van der Waals surface area contributed by atoms with Crippen molar-refractivity contribution in [2.75, 3.05) is 13.2 Å². The van der Waals surface area contributed by atoms with Gasteiger partial charge in [0, 0.05) is 0 Å². The highest BCUT2D eigenvalue weighted by Crippen LogP contribution is 2.07. The summed E-state index contributed by atoms with van der Waals surface area (Å²) in [6, 6.07) is 15.3. The van der Waals surface area contributed by atoms with Gasteiger partial charge in [-0.1, -0.05) is 42.5 Å². The van der Waals surface area contributed by atoms with Crippen LogP contribution in [0.15, 0.2) is 54.6 Å². The lowest BCUT2D eigenvalue weighted by atomic mass is 9.80. The third-order valence-corrected chi connectivity index (χ3v) is 3.48. The van der Waals surface area contributed by atoms with E-state index in [4.69, 9.17) is 20.5 Å². The molecule has 0 aliphatic carbocycles. The fraction of sp³-hybridized carbons (Fsp3) is 0.235. The molecule has 7 heteroatoms. The zero-order valence-corrected chi connectivity index (χ0v) is 13.3. The van der Waals surface area contributed by atoms with Crippen molar-refractivity contribution >= 4 is 18.5 Å². The molecule has 0 aliphatic heterocycles. The normalized spacial score (nSPS) is 11.6. The van der Waals surface area contributed by atoms with Crippen LogP contribution in [0.5, 0.6) is 5.75 Å². The van der Waals surface area contributed by atoms with Gasteiger partial charge in [-0.3, -0.25) is 4.79 Å². The predicted molar refractivity (Wildman–Crippen MR) is 92.9 cm³/mol. The molecule has 0 radical (unpaired) electrons. The molecule has 126 valence electrons. The number of ether oxygens (including phenoxy) is 1. The van der Waals surface area contributed by atoms with Crippen molar-refractivity contribution in [1.29, 1.82) is 0 Å². The second-order valence-corrected chi connectivity index (χ2v) is 5.38. The molecule has 0 spiro atoms. The number of benzene rings is 2. The Labute approximate surface area is 141 Å². The molecular formula is C17H21BN2O4. The Hall–Kier alpha value is -2.35. The summed E-state index contributed by atoms with van der Waals surface area (Å²) >= 11 is 0. The molecule has 6 nitrogen and oxygen atoms in total. The van der Waals surface area contributed by atoms with Crippen LogP contribution in [0.4, 0.5) is 0 Å². The molecule has 0 aromatic heterocycles. The first-order valence-electron chi connectivity index (χ1n) is 7.72. The summed E-state index contributed by atoms with van der Waals surface area (Å²) in [5.41, 5.74) is 7.14. The molecule has 0 saturated heterocycles. The molecule has 0 saturated carbocycles. The van der Waals surface area contributed by atoms with Crippen molar-refractivity contribution in [3.63, 3.8) is 0 Å². The predicted octanol–water partition coefficient (Wildman–Crippen LogP) is -0.569. The second-order valence-electron chi connectivity index (χ2n) is 5.38. The Kier molecular flexibility index (Phi) is 6.81. The first kappa shape index (κ1) is 18.0. The molecule has 1 amide bonds. The second kappa shape index (κ2) is 9.07. The van der Waals surface area contributed by atoms with Gasteiger partial charge in [0.1, 0.15) is 12.4 Å². The zero-order valence-electron chi connectivity index (χ0n) is 13.3. The molecule has 2 rings (SSSR count). The van der Waals surface area contributed by atoms with Gasteiger partial charge in [0.05, 0.1) is 12.6 Å². The summed E-state index contributed by atoms with van der Waals surface area (Å²) < 4.78 is 5.49. The van der Waals surface area contributed by atoms with E-state index in [2.05, 4.69) is 5.32 Å². The maximum absolute atomic E-state index is 12.0. The molecule has 1 atom stereocenters. The van der Waals surface area contributed by atoms with E-state index in [1.165, 1.54) is 0 Å². The van der Waals surface area contributed by atoms with Crippen LogP contribution in [0, 0.1) is 0 Å². The van der Waals surface area contributed by atoms with Crippen LogP contribution in [0.25, 0.3) is 0 Å². The van der Waals surface area contributed by atoms with Crippen LogP contribution in [0.1, 0.15) is 5.56 Å². The highest BCUT2D eigenvalue weighted by Gasteiger charge is 2.15. The Morgan fingerprint density at radius 3 is 2.42 bits per heavy atom. The average molecular weight is 328 g/mol. The van der Waals surface area contributed by atoms with E-state index in [1.807, 2.05) is 30.3 Å². The molecule has 24 heavy (non-hydrogen) atoms. The molecule has 2 aromatic rings. The highest BCUT2D eigenvalue weighted by atomic mass is 16.5. The minimum Gasteiger partial charge on any atom is -0.492 e. The highest BCUT2D eigenvalue weighted by molar-refractivity contribution is 6.58. The summed E-state index contributed by atoms with van der Waals surface area (Å²) in [5, 5.41) is 20.8. The molecule has 0 aliphatic rings. The summed E-state index contributed by atoms with van der Waals surface area (Å²) in [7, 11) is -1.50. The number of nitrogens with one attached hydrogen (secondary N) is 1. The Balaban J connectivity index is 1.71. The topological polar surface area (TPSA) is 105 Å². The van der Waals surface area contributed by atoms with Gasteiger partial charge in [-0.25, -0.2) is 0 Å². The van der Waals surface area contributed by atoms with Crippen LogP contribution in [0.2, 0.25) is 0 Å². The molecule has 5 N–H and O–H groups in total. The third kappa shape index (κ3) is 5.70. The Morgan fingerprint density at radius 2 is 1.79 bits per heavy atom. The number of rotatable bonds is 8. The fourth-order valence-electron chi connectivity index (χ4n) is 2.16. The van der Waals surface area contributed by atoms with E-state index < -0.39 is 13.2 Å². The van der Waals surface area contributed by atoms with Crippen molar-refractivity contribution in [3.05, 3.63) is 60.2 Å².